The van der Waals surface area contributed by atoms with E-state index < -0.39 is 10.0 Å². The minimum Gasteiger partial charge on any atom is -0.379 e. The Morgan fingerprint density at radius 1 is 1.07 bits per heavy atom. The maximum atomic E-state index is 13.3. The van der Waals surface area contributed by atoms with E-state index in [2.05, 4.69) is 5.32 Å². The van der Waals surface area contributed by atoms with Crippen LogP contribution in [0, 0.1) is 33.6 Å². The summed E-state index contributed by atoms with van der Waals surface area (Å²) in [4.78, 5) is 13.0. The zero-order chi connectivity index (χ0) is 20.5. The van der Waals surface area contributed by atoms with Crippen molar-refractivity contribution in [3.63, 3.8) is 0 Å². The Morgan fingerprint density at radius 3 is 2.21 bits per heavy atom. The number of piperidine rings is 1. The van der Waals surface area contributed by atoms with Crippen LogP contribution in [0.2, 0.25) is 0 Å². The maximum absolute atomic E-state index is 13.3. The van der Waals surface area contributed by atoms with Gasteiger partial charge >= 0.3 is 0 Å². The fourth-order valence-electron chi connectivity index (χ4n) is 4.23. The molecule has 2 aliphatic rings. The van der Waals surface area contributed by atoms with Gasteiger partial charge in [-0.05, 0) is 75.6 Å². The zero-order valence-corrected chi connectivity index (χ0v) is 18.2. The second-order valence-electron chi connectivity index (χ2n) is 8.19. The summed E-state index contributed by atoms with van der Waals surface area (Å²) in [5, 5.41) is 3.08. The standard InChI is InChI=1S/C21H32N2O4S/c1-14-12-15(2)17(4)20(16(14)3)28(25,26)23-9-7-18(8-10-23)21(24)22-19-6-5-11-27-13-19/h12,18-19H,5-11,13H2,1-4H3,(H,22,24). The summed E-state index contributed by atoms with van der Waals surface area (Å²) in [5.74, 6) is -0.0962. The van der Waals surface area contributed by atoms with E-state index in [4.69, 9.17) is 4.74 Å². The average molecular weight is 409 g/mol. The van der Waals surface area contributed by atoms with E-state index in [1.165, 1.54) is 0 Å². The van der Waals surface area contributed by atoms with Gasteiger partial charge in [0.15, 0.2) is 0 Å². The van der Waals surface area contributed by atoms with E-state index >= 15 is 0 Å². The van der Waals surface area contributed by atoms with Crippen molar-refractivity contribution in [3.05, 3.63) is 28.3 Å². The molecule has 2 heterocycles. The number of hydrogen-bond donors (Lipinski definition) is 1. The summed E-state index contributed by atoms with van der Waals surface area (Å²) in [6.07, 6.45) is 3.03. The highest BCUT2D eigenvalue weighted by Gasteiger charge is 2.34. The minimum atomic E-state index is -3.56. The fourth-order valence-corrected chi connectivity index (χ4v) is 6.27. The third-order valence-electron chi connectivity index (χ3n) is 6.23. The van der Waals surface area contributed by atoms with Crippen LogP contribution >= 0.6 is 0 Å². The molecule has 2 aliphatic heterocycles. The number of nitrogens with one attached hydrogen (secondary N) is 1. The van der Waals surface area contributed by atoms with Crippen LogP contribution in [-0.4, -0.2) is 51.0 Å². The highest BCUT2D eigenvalue weighted by Crippen LogP contribution is 2.31. The molecule has 7 heteroatoms. The second-order valence-corrected chi connectivity index (χ2v) is 10.1. The molecule has 2 saturated heterocycles. The lowest BCUT2D eigenvalue weighted by Crippen LogP contribution is -2.47. The Hall–Kier alpha value is -1.44. The Bertz CT molecular complexity index is 810. The smallest absolute Gasteiger partial charge is 0.243 e. The number of nitrogens with zero attached hydrogens (tertiary/aromatic N) is 1. The van der Waals surface area contributed by atoms with Gasteiger partial charge in [-0.3, -0.25) is 4.79 Å². The Morgan fingerprint density at radius 2 is 1.68 bits per heavy atom. The van der Waals surface area contributed by atoms with Crippen LogP contribution in [0.4, 0.5) is 0 Å². The van der Waals surface area contributed by atoms with E-state index in [9.17, 15) is 13.2 Å². The molecule has 1 amide bonds. The monoisotopic (exact) mass is 408 g/mol. The molecular weight excluding hydrogens is 376 g/mol. The van der Waals surface area contributed by atoms with Crippen molar-refractivity contribution in [2.75, 3.05) is 26.3 Å². The predicted molar refractivity (Wildman–Crippen MR) is 109 cm³/mol. The molecule has 1 aromatic rings. The maximum Gasteiger partial charge on any atom is 0.243 e. The molecule has 0 aromatic heterocycles. The quantitative estimate of drug-likeness (QED) is 0.831. The van der Waals surface area contributed by atoms with Gasteiger partial charge in [-0.1, -0.05) is 6.07 Å². The molecule has 0 radical (unpaired) electrons. The van der Waals surface area contributed by atoms with Crippen molar-refractivity contribution in [2.45, 2.75) is 64.3 Å². The molecule has 3 rings (SSSR count). The first-order valence-electron chi connectivity index (χ1n) is 10.2. The lowest BCUT2D eigenvalue weighted by atomic mass is 9.96. The molecule has 1 unspecified atom stereocenters. The molecule has 1 N–H and O–H groups in total. The SMILES string of the molecule is Cc1cc(C)c(C)c(S(=O)(=O)N2CCC(C(=O)NC3CCCOC3)CC2)c1C. The first-order valence-corrected chi connectivity index (χ1v) is 11.6. The second kappa shape index (κ2) is 8.51. The molecule has 1 aromatic carbocycles. The predicted octanol–water partition coefficient (Wildman–Crippen LogP) is 2.62. The topological polar surface area (TPSA) is 75.7 Å². The third kappa shape index (κ3) is 4.26. The van der Waals surface area contributed by atoms with E-state index in [0.29, 0.717) is 37.4 Å². The van der Waals surface area contributed by atoms with Crippen LogP contribution in [0.15, 0.2) is 11.0 Å². The summed E-state index contributed by atoms with van der Waals surface area (Å²) < 4.78 is 33.6. The van der Waals surface area contributed by atoms with E-state index in [1.807, 2.05) is 33.8 Å². The van der Waals surface area contributed by atoms with Gasteiger partial charge < -0.3 is 10.1 Å². The summed E-state index contributed by atoms with van der Waals surface area (Å²) in [6.45, 7) is 9.76. The molecule has 0 saturated carbocycles. The first kappa shape index (κ1) is 21.3. The lowest BCUT2D eigenvalue weighted by Gasteiger charge is -2.33. The molecule has 28 heavy (non-hydrogen) atoms. The summed E-state index contributed by atoms with van der Waals surface area (Å²) in [7, 11) is -3.56. The van der Waals surface area contributed by atoms with E-state index in [1.54, 1.807) is 4.31 Å². The number of sulfonamides is 1. The molecule has 6 nitrogen and oxygen atoms in total. The summed E-state index contributed by atoms with van der Waals surface area (Å²) in [6, 6.07) is 2.12. The zero-order valence-electron chi connectivity index (χ0n) is 17.4. The van der Waals surface area contributed by atoms with Gasteiger partial charge in [0.05, 0.1) is 17.5 Å². The van der Waals surface area contributed by atoms with Crippen molar-refractivity contribution in [2.24, 2.45) is 5.92 Å². The highest BCUT2D eigenvalue weighted by atomic mass is 32.2. The number of hydrogen-bond acceptors (Lipinski definition) is 4. The van der Waals surface area contributed by atoms with Crippen molar-refractivity contribution in [1.82, 2.24) is 9.62 Å². The number of rotatable bonds is 4. The number of carbonyl (C=O) groups excluding carboxylic acids is 1. The largest absolute Gasteiger partial charge is 0.379 e. The molecular formula is C21H32N2O4S. The van der Waals surface area contributed by atoms with Gasteiger partial charge in [0, 0.05) is 25.6 Å². The molecule has 0 bridgehead atoms. The van der Waals surface area contributed by atoms with Crippen molar-refractivity contribution < 1.29 is 17.9 Å². The number of ether oxygens (including phenoxy) is 1. The average Bonchev–Trinajstić information content (AvgIpc) is 2.67. The molecule has 2 fully saturated rings. The minimum absolute atomic E-state index is 0.0336. The van der Waals surface area contributed by atoms with Crippen LogP contribution in [0.25, 0.3) is 0 Å². The highest BCUT2D eigenvalue weighted by molar-refractivity contribution is 7.89. The number of amides is 1. The molecule has 156 valence electrons. The Kier molecular flexibility index (Phi) is 6.47. The van der Waals surface area contributed by atoms with Crippen molar-refractivity contribution in [3.8, 4) is 0 Å². The Balaban J connectivity index is 1.68. The van der Waals surface area contributed by atoms with E-state index in [-0.39, 0.29) is 17.9 Å². The summed E-state index contributed by atoms with van der Waals surface area (Å²) in [5.41, 5.74) is 3.62. The van der Waals surface area contributed by atoms with Gasteiger partial charge in [-0.2, -0.15) is 4.31 Å². The van der Waals surface area contributed by atoms with Gasteiger partial charge in [-0.25, -0.2) is 8.42 Å². The normalized spacial score (nSPS) is 22.2. The van der Waals surface area contributed by atoms with Crippen molar-refractivity contribution in [1.29, 1.82) is 0 Å². The van der Waals surface area contributed by atoms with Gasteiger partial charge in [0.1, 0.15) is 0 Å². The fraction of sp³-hybridized carbons (Fsp3) is 0.667. The molecule has 0 aliphatic carbocycles. The first-order chi connectivity index (χ1) is 13.2. The van der Waals surface area contributed by atoms with Gasteiger partial charge in [0.2, 0.25) is 15.9 Å². The van der Waals surface area contributed by atoms with Crippen LogP contribution < -0.4 is 5.32 Å². The number of benzene rings is 1. The van der Waals surface area contributed by atoms with Crippen molar-refractivity contribution >= 4 is 15.9 Å². The van der Waals surface area contributed by atoms with E-state index in [0.717, 1.165) is 41.7 Å². The van der Waals surface area contributed by atoms with Crippen LogP contribution in [0.5, 0.6) is 0 Å². The summed E-state index contributed by atoms with van der Waals surface area (Å²) >= 11 is 0. The third-order valence-corrected chi connectivity index (χ3v) is 8.40. The van der Waals surface area contributed by atoms with Gasteiger partial charge in [0.25, 0.3) is 0 Å². The van der Waals surface area contributed by atoms with Crippen LogP contribution in [0.3, 0.4) is 0 Å². The molecule has 1 atom stereocenters. The van der Waals surface area contributed by atoms with Crippen LogP contribution in [-0.2, 0) is 19.6 Å². The van der Waals surface area contributed by atoms with Gasteiger partial charge in [-0.15, -0.1) is 0 Å². The lowest BCUT2D eigenvalue weighted by molar-refractivity contribution is -0.127. The Labute approximate surface area is 168 Å². The molecule has 0 spiro atoms. The number of carbonyl (C=O) groups is 1. The number of aryl methyl sites for hydroxylation is 2. The van der Waals surface area contributed by atoms with Crippen LogP contribution in [0.1, 0.15) is 47.9 Å².